The second-order valence-corrected chi connectivity index (χ2v) is 4.17. The number of nitrogens with zero attached hydrogens (tertiary/aromatic N) is 1. The van der Waals surface area contributed by atoms with Crippen molar-refractivity contribution < 1.29 is 0 Å². The van der Waals surface area contributed by atoms with E-state index in [4.69, 9.17) is 0 Å². The van der Waals surface area contributed by atoms with Crippen LogP contribution < -0.4 is 5.32 Å². The van der Waals surface area contributed by atoms with Gasteiger partial charge in [-0.1, -0.05) is 36.4 Å². The Bertz CT molecular complexity index is 425. The standard InChI is InChI=1S/C15H18N2/c1-13(15-9-5-6-11-17-15)16-12-10-14-7-3-2-4-8-14/h2-9,11,13,16H,10,12H2,1H3/t13-/m1/s1. The number of aromatic nitrogens is 1. The second-order valence-electron chi connectivity index (χ2n) is 4.17. The van der Waals surface area contributed by atoms with Crippen molar-refractivity contribution in [1.82, 2.24) is 10.3 Å². The van der Waals surface area contributed by atoms with E-state index >= 15 is 0 Å². The van der Waals surface area contributed by atoms with Crippen molar-refractivity contribution in [3.8, 4) is 0 Å². The van der Waals surface area contributed by atoms with Crippen LogP contribution in [0.25, 0.3) is 0 Å². The lowest BCUT2D eigenvalue weighted by Gasteiger charge is -2.12. The molecule has 0 fully saturated rings. The monoisotopic (exact) mass is 226 g/mol. The number of pyridine rings is 1. The lowest BCUT2D eigenvalue weighted by molar-refractivity contribution is 0.564. The van der Waals surface area contributed by atoms with Crippen molar-refractivity contribution in [1.29, 1.82) is 0 Å². The molecule has 0 saturated carbocycles. The van der Waals surface area contributed by atoms with Crippen LogP contribution in [-0.2, 0) is 6.42 Å². The molecule has 2 heteroatoms. The van der Waals surface area contributed by atoms with Gasteiger partial charge in [0.1, 0.15) is 0 Å². The lowest BCUT2D eigenvalue weighted by atomic mass is 10.1. The molecule has 0 unspecified atom stereocenters. The number of benzene rings is 1. The minimum atomic E-state index is 0.305. The number of hydrogen-bond acceptors (Lipinski definition) is 2. The Hall–Kier alpha value is -1.67. The van der Waals surface area contributed by atoms with Crippen molar-refractivity contribution in [2.45, 2.75) is 19.4 Å². The maximum atomic E-state index is 4.34. The normalized spacial score (nSPS) is 12.3. The van der Waals surface area contributed by atoms with E-state index in [1.807, 2.05) is 24.4 Å². The van der Waals surface area contributed by atoms with Gasteiger partial charge in [0.25, 0.3) is 0 Å². The van der Waals surface area contributed by atoms with Crippen LogP contribution in [0.2, 0.25) is 0 Å². The summed E-state index contributed by atoms with van der Waals surface area (Å²) in [5.74, 6) is 0. The summed E-state index contributed by atoms with van der Waals surface area (Å²) in [5.41, 5.74) is 2.47. The van der Waals surface area contributed by atoms with Gasteiger partial charge >= 0.3 is 0 Å². The lowest BCUT2D eigenvalue weighted by Crippen LogP contribution is -2.22. The smallest absolute Gasteiger partial charge is 0.0570 e. The first-order chi connectivity index (χ1) is 8.36. The molecule has 0 spiro atoms. The van der Waals surface area contributed by atoms with Crippen LogP contribution in [0, 0.1) is 0 Å². The average Bonchev–Trinajstić information content (AvgIpc) is 2.41. The van der Waals surface area contributed by atoms with Crippen LogP contribution in [-0.4, -0.2) is 11.5 Å². The van der Waals surface area contributed by atoms with E-state index in [1.54, 1.807) is 0 Å². The minimum absolute atomic E-state index is 0.305. The average molecular weight is 226 g/mol. The molecule has 17 heavy (non-hydrogen) atoms. The molecule has 1 aromatic heterocycles. The molecule has 0 bridgehead atoms. The van der Waals surface area contributed by atoms with Crippen LogP contribution in [0.15, 0.2) is 54.7 Å². The Morgan fingerprint density at radius 1 is 1.06 bits per heavy atom. The first kappa shape index (κ1) is 11.8. The first-order valence-electron chi connectivity index (χ1n) is 6.04. The zero-order valence-corrected chi connectivity index (χ0v) is 10.1. The van der Waals surface area contributed by atoms with Gasteiger partial charge in [0.15, 0.2) is 0 Å². The highest BCUT2D eigenvalue weighted by Gasteiger charge is 2.04. The van der Waals surface area contributed by atoms with Gasteiger partial charge in [-0.05, 0) is 37.6 Å². The SMILES string of the molecule is C[C@@H](NCCc1ccccc1)c1ccccn1. The van der Waals surface area contributed by atoms with Crippen LogP contribution in [0.5, 0.6) is 0 Å². The molecule has 1 N–H and O–H groups in total. The summed E-state index contributed by atoms with van der Waals surface area (Å²) in [6.07, 6.45) is 2.89. The van der Waals surface area contributed by atoms with Crippen molar-refractivity contribution in [2.75, 3.05) is 6.54 Å². The predicted octanol–water partition coefficient (Wildman–Crippen LogP) is 2.97. The molecule has 1 atom stereocenters. The van der Waals surface area contributed by atoms with Gasteiger partial charge in [0.2, 0.25) is 0 Å². The third-order valence-electron chi connectivity index (χ3n) is 2.84. The summed E-state index contributed by atoms with van der Waals surface area (Å²) < 4.78 is 0. The fraction of sp³-hybridized carbons (Fsp3) is 0.267. The summed E-state index contributed by atoms with van der Waals surface area (Å²) >= 11 is 0. The summed E-state index contributed by atoms with van der Waals surface area (Å²) in [6, 6.07) is 16.9. The molecule has 2 nitrogen and oxygen atoms in total. The second kappa shape index (κ2) is 6.16. The van der Waals surface area contributed by atoms with E-state index in [9.17, 15) is 0 Å². The predicted molar refractivity (Wildman–Crippen MR) is 70.8 cm³/mol. The first-order valence-corrected chi connectivity index (χ1v) is 6.04. The summed E-state index contributed by atoms with van der Waals surface area (Å²) in [6.45, 7) is 3.12. The fourth-order valence-electron chi connectivity index (χ4n) is 1.81. The topological polar surface area (TPSA) is 24.9 Å². The molecule has 0 aliphatic carbocycles. The van der Waals surface area contributed by atoms with Gasteiger partial charge in [-0.2, -0.15) is 0 Å². The molecular weight excluding hydrogens is 208 g/mol. The van der Waals surface area contributed by atoms with Gasteiger partial charge < -0.3 is 5.32 Å². The van der Waals surface area contributed by atoms with E-state index in [1.165, 1.54) is 5.56 Å². The molecule has 1 aromatic carbocycles. The van der Waals surface area contributed by atoms with Crippen LogP contribution in [0.3, 0.4) is 0 Å². The maximum Gasteiger partial charge on any atom is 0.0570 e. The van der Waals surface area contributed by atoms with E-state index in [-0.39, 0.29) is 0 Å². The molecule has 0 radical (unpaired) electrons. The number of rotatable bonds is 5. The molecule has 0 aliphatic heterocycles. The maximum absolute atomic E-state index is 4.34. The van der Waals surface area contributed by atoms with E-state index < -0.39 is 0 Å². The van der Waals surface area contributed by atoms with Gasteiger partial charge in [-0.3, -0.25) is 4.98 Å². The molecular formula is C15H18N2. The highest BCUT2D eigenvalue weighted by molar-refractivity contribution is 5.15. The van der Waals surface area contributed by atoms with Crippen molar-refractivity contribution >= 4 is 0 Å². The summed E-state index contributed by atoms with van der Waals surface area (Å²) in [7, 11) is 0. The van der Waals surface area contributed by atoms with Gasteiger partial charge in [-0.25, -0.2) is 0 Å². The Balaban J connectivity index is 1.79. The van der Waals surface area contributed by atoms with Crippen LogP contribution in [0.1, 0.15) is 24.2 Å². The van der Waals surface area contributed by atoms with E-state index in [0.717, 1.165) is 18.7 Å². The highest BCUT2D eigenvalue weighted by Crippen LogP contribution is 2.07. The fourth-order valence-corrected chi connectivity index (χ4v) is 1.81. The third-order valence-corrected chi connectivity index (χ3v) is 2.84. The zero-order valence-electron chi connectivity index (χ0n) is 10.1. The third kappa shape index (κ3) is 3.68. The molecule has 0 amide bonds. The molecule has 1 heterocycles. The summed E-state index contributed by atoms with van der Waals surface area (Å²) in [4.78, 5) is 4.34. The summed E-state index contributed by atoms with van der Waals surface area (Å²) in [5, 5.41) is 3.48. The zero-order chi connectivity index (χ0) is 11.9. The van der Waals surface area contributed by atoms with Crippen LogP contribution in [0.4, 0.5) is 0 Å². The Morgan fingerprint density at radius 2 is 1.82 bits per heavy atom. The van der Waals surface area contributed by atoms with E-state index in [0.29, 0.717) is 6.04 Å². The largest absolute Gasteiger partial charge is 0.309 e. The Kier molecular flexibility index (Phi) is 4.28. The van der Waals surface area contributed by atoms with Crippen LogP contribution >= 0.6 is 0 Å². The molecule has 0 saturated heterocycles. The van der Waals surface area contributed by atoms with Gasteiger partial charge in [0.05, 0.1) is 5.69 Å². The Morgan fingerprint density at radius 3 is 2.53 bits per heavy atom. The Labute approximate surface area is 103 Å². The number of nitrogens with one attached hydrogen (secondary N) is 1. The van der Waals surface area contributed by atoms with E-state index in [2.05, 4.69) is 47.6 Å². The van der Waals surface area contributed by atoms with Gasteiger partial charge in [-0.15, -0.1) is 0 Å². The molecule has 88 valence electrons. The quantitative estimate of drug-likeness (QED) is 0.847. The van der Waals surface area contributed by atoms with Crippen molar-refractivity contribution in [3.05, 3.63) is 66.0 Å². The van der Waals surface area contributed by atoms with Crippen molar-refractivity contribution in [3.63, 3.8) is 0 Å². The highest BCUT2D eigenvalue weighted by atomic mass is 14.9. The van der Waals surface area contributed by atoms with Crippen molar-refractivity contribution in [2.24, 2.45) is 0 Å². The minimum Gasteiger partial charge on any atom is -0.309 e. The number of hydrogen-bond donors (Lipinski definition) is 1. The molecule has 2 rings (SSSR count). The molecule has 0 aliphatic rings. The molecule has 2 aromatic rings. The van der Waals surface area contributed by atoms with Gasteiger partial charge in [0, 0.05) is 12.2 Å².